The SMILES string of the molecule is Cc1cc(Nc2ccccc2)nc(SCc2ccccc2Cl)n1. The molecule has 2 aromatic carbocycles. The normalized spacial score (nSPS) is 10.5. The number of benzene rings is 2. The first-order valence-corrected chi connectivity index (χ1v) is 8.61. The molecule has 3 rings (SSSR count). The van der Waals surface area contributed by atoms with Gasteiger partial charge in [-0.05, 0) is 30.7 Å². The maximum atomic E-state index is 6.19. The molecule has 0 saturated carbocycles. The number of aromatic nitrogens is 2. The van der Waals surface area contributed by atoms with E-state index in [2.05, 4.69) is 15.3 Å². The highest BCUT2D eigenvalue weighted by atomic mass is 35.5. The number of nitrogens with one attached hydrogen (secondary N) is 1. The van der Waals surface area contributed by atoms with Gasteiger partial charge in [0.2, 0.25) is 0 Å². The molecule has 1 N–H and O–H groups in total. The van der Waals surface area contributed by atoms with Gasteiger partial charge in [0.25, 0.3) is 0 Å². The molecule has 0 atom stereocenters. The Balaban J connectivity index is 1.74. The number of hydrogen-bond donors (Lipinski definition) is 1. The van der Waals surface area contributed by atoms with E-state index in [9.17, 15) is 0 Å². The molecule has 1 heterocycles. The van der Waals surface area contributed by atoms with Crippen LogP contribution in [0.3, 0.4) is 0 Å². The monoisotopic (exact) mass is 341 g/mol. The number of thioether (sulfide) groups is 1. The first-order chi connectivity index (χ1) is 11.2. The third-order valence-electron chi connectivity index (χ3n) is 3.19. The summed E-state index contributed by atoms with van der Waals surface area (Å²) in [5.41, 5.74) is 3.02. The molecule has 0 aliphatic carbocycles. The Morgan fingerprint density at radius 2 is 1.74 bits per heavy atom. The summed E-state index contributed by atoms with van der Waals surface area (Å²) >= 11 is 7.77. The van der Waals surface area contributed by atoms with Crippen molar-refractivity contribution in [3.63, 3.8) is 0 Å². The number of anilines is 2. The first-order valence-electron chi connectivity index (χ1n) is 7.25. The van der Waals surface area contributed by atoms with Crippen molar-refractivity contribution >= 4 is 34.9 Å². The van der Waals surface area contributed by atoms with Gasteiger partial charge in [-0.2, -0.15) is 0 Å². The van der Waals surface area contributed by atoms with Crippen molar-refractivity contribution in [3.8, 4) is 0 Å². The predicted molar refractivity (Wildman–Crippen MR) is 97.5 cm³/mol. The lowest BCUT2D eigenvalue weighted by atomic mass is 10.2. The summed E-state index contributed by atoms with van der Waals surface area (Å²) in [7, 11) is 0. The summed E-state index contributed by atoms with van der Waals surface area (Å²) in [6.07, 6.45) is 0. The van der Waals surface area contributed by atoms with E-state index in [0.29, 0.717) is 0 Å². The molecule has 0 unspecified atom stereocenters. The highest BCUT2D eigenvalue weighted by molar-refractivity contribution is 7.98. The van der Waals surface area contributed by atoms with Crippen molar-refractivity contribution in [1.82, 2.24) is 9.97 Å². The summed E-state index contributed by atoms with van der Waals surface area (Å²) < 4.78 is 0. The minimum Gasteiger partial charge on any atom is -0.340 e. The zero-order valence-corrected chi connectivity index (χ0v) is 14.2. The molecule has 3 nitrogen and oxygen atoms in total. The van der Waals surface area contributed by atoms with Crippen molar-refractivity contribution < 1.29 is 0 Å². The van der Waals surface area contributed by atoms with E-state index in [1.165, 1.54) is 0 Å². The topological polar surface area (TPSA) is 37.8 Å². The second-order valence-electron chi connectivity index (χ2n) is 5.05. The fraction of sp³-hybridized carbons (Fsp3) is 0.111. The predicted octanol–water partition coefficient (Wildman–Crippen LogP) is 5.47. The van der Waals surface area contributed by atoms with Crippen LogP contribution in [-0.2, 0) is 5.75 Å². The number of nitrogens with zero attached hydrogens (tertiary/aromatic N) is 2. The van der Waals surface area contributed by atoms with Crippen molar-refractivity contribution in [2.24, 2.45) is 0 Å². The molecule has 0 aliphatic heterocycles. The molecule has 0 aliphatic rings. The van der Waals surface area contributed by atoms with Gasteiger partial charge in [0.15, 0.2) is 5.16 Å². The van der Waals surface area contributed by atoms with E-state index in [0.717, 1.165) is 38.7 Å². The summed E-state index contributed by atoms with van der Waals surface area (Å²) in [5, 5.41) is 4.82. The Kier molecular flexibility index (Phi) is 5.16. The number of aryl methyl sites for hydroxylation is 1. The Hall–Kier alpha value is -2.04. The van der Waals surface area contributed by atoms with Gasteiger partial charge in [-0.25, -0.2) is 9.97 Å². The number of halogens is 1. The van der Waals surface area contributed by atoms with Gasteiger partial charge < -0.3 is 5.32 Å². The third kappa shape index (κ3) is 4.47. The van der Waals surface area contributed by atoms with Crippen LogP contribution in [0.2, 0.25) is 5.02 Å². The Bertz CT molecular complexity index is 793. The molecule has 0 saturated heterocycles. The van der Waals surface area contributed by atoms with Crippen LogP contribution in [0.15, 0.2) is 65.8 Å². The molecule has 5 heteroatoms. The van der Waals surface area contributed by atoms with Gasteiger partial charge in [-0.1, -0.05) is 59.8 Å². The summed E-state index contributed by atoms with van der Waals surface area (Å²) in [6.45, 7) is 1.97. The zero-order valence-electron chi connectivity index (χ0n) is 12.7. The highest BCUT2D eigenvalue weighted by Crippen LogP contribution is 2.26. The van der Waals surface area contributed by atoms with Gasteiger partial charge in [0, 0.05) is 28.2 Å². The zero-order chi connectivity index (χ0) is 16.1. The van der Waals surface area contributed by atoms with E-state index in [-0.39, 0.29) is 0 Å². The van der Waals surface area contributed by atoms with Crippen LogP contribution in [0, 0.1) is 6.92 Å². The van der Waals surface area contributed by atoms with Crippen molar-refractivity contribution in [3.05, 3.63) is 76.9 Å². The Morgan fingerprint density at radius 3 is 2.52 bits per heavy atom. The van der Waals surface area contributed by atoms with Crippen LogP contribution in [0.25, 0.3) is 0 Å². The smallest absolute Gasteiger partial charge is 0.190 e. The number of rotatable bonds is 5. The molecule has 23 heavy (non-hydrogen) atoms. The van der Waals surface area contributed by atoms with Crippen LogP contribution in [0.4, 0.5) is 11.5 Å². The maximum absolute atomic E-state index is 6.19. The Morgan fingerprint density at radius 1 is 1.00 bits per heavy atom. The molecule has 3 aromatic rings. The second kappa shape index (κ2) is 7.49. The lowest BCUT2D eigenvalue weighted by Gasteiger charge is -2.08. The molecule has 0 fully saturated rings. The van der Waals surface area contributed by atoms with Crippen LogP contribution in [0.5, 0.6) is 0 Å². The molecule has 1 aromatic heterocycles. The van der Waals surface area contributed by atoms with E-state index < -0.39 is 0 Å². The van der Waals surface area contributed by atoms with Crippen molar-refractivity contribution in [2.75, 3.05) is 5.32 Å². The van der Waals surface area contributed by atoms with E-state index in [1.807, 2.05) is 67.6 Å². The van der Waals surface area contributed by atoms with Gasteiger partial charge in [0.05, 0.1) is 0 Å². The summed E-state index contributed by atoms with van der Waals surface area (Å²) in [5.74, 6) is 1.54. The highest BCUT2D eigenvalue weighted by Gasteiger charge is 2.06. The average molecular weight is 342 g/mol. The van der Waals surface area contributed by atoms with E-state index >= 15 is 0 Å². The first kappa shape index (κ1) is 15.8. The number of hydrogen-bond acceptors (Lipinski definition) is 4. The van der Waals surface area contributed by atoms with Crippen LogP contribution in [0.1, 0.15) is 11.3 Å². The van der Waals surface area contributed by atoms with Crippen molar-refractivity contribution in [1.29, 1.82) is 0 Å². The molecule has 0 spiro atoms. The second-order valence-corrected chi connectivity index (χ2v) is 6.40. The lowest BCUT2D eigenvalue weighted by Crippen LogP contribution is -1.98. The molecule has 116 valence electrons. The lowest BCUT2D eigenvalue weighted by molar-refractivity contribution is 0.937. The maximum Gasteiger partial charge on any atom is 0.190 e. The van der Waals surface area contributed by atoms with Crippen molar-refractivity contribution in [2.45, 2.75) is 17.8 Å². The van der Waals surface area contributed by atoms with Gasteiger partial charge in [0.1, 0.15) is 5.82 Å². The Labute approximate surface area is 145 Å². The van der Waals surface area contributed by atoms with Gasteiger partial charge in [-0.15, -0.1) is 0 Å². The number of para-hydroxylation sites is 1. The molecular weight excluding hydrogens is 326 g/mol. The fourth-order valence-corrected chi connectivity index (χ4v) is 3.29. The summed E-state index contributed by atoms with van der Waals surface area (Å²) in [6, 6.07) is 19.8. The van der Waals surface area contributed by atoms with Gasteiger partial charge in [-0.3, -0.25) is 0 Å². The standard InChI is InChI=1S/C18H16ClN3S/c1-13-11-17(21-15-8-3-2-4-9-15)22-18(20-13)23-12-14-7-5-6-10-16(14)19/h2-11H,12H2,1H3,(H,20,21,22). The van der Waals surface area contributed by atoms with Crippen LogP contribution >= 0.6 is 23.4 Å². The quantitative estimate of drug-likeness (QED) is 0.493. The van der Waals surface area contributed by atoms with Crippen LogP contribution in [-0.4, -0.2) is 9.97 Å². The largest absolute Gasteiger partial charge is 0.340 e. The van der Waals surface area contributed by atoms with Crippen LogP contribution < -0.4 is 5.32 Å². The van der Waals surface area contributed by atoms with E-state index in [4.69, 9.17) is 11.6 Å². The third-order valence-corrected chi connectivity index (χ3v) is 4.46. The molecule has 0 bridgehead atoms. The van der Waals surface area contributed by atoms with E-state index in [1.54, 1.807) is 11.8 Å². The average Bonchev–Trinajstić information content (AvgIpc) is 2.54. The van der Waals surface area contributed by atoms with Gasteiger partial charge >= 0.3 is 0 Å². The minimum atomic E-state index is 0.739. The molecular formula is C18H16ClN3S. The molecule has 0 amide bonds. The minimum absolute atomic E-state index is 0.739. The summed E-state index contributed by atoms with van der Waals surface area (Å²) in [4.78, 5) is 9.06. The molecule has 0 radical (unpaired) electrons. The fourth-order valence-electron chi connectivity index (χ4n) is 2.10.